The quantitative estimate of drug-likeness (QED) is 0.504. The van der Waals surface area contributed by atoms with Crippen molar-refractivity contribution in [3.63, 3.8) is 0 Å². The van der Waals surface area contributed by atoms with Gasteiger partial charge in [-0.05, 0) is 0 Å². The lowest BCUT2D eigenvalue weighted by Gasteiger charge is -2.13. The third-order valence-corrected chi connectivity index (χ3v) is 1.04. The molecule has 0 aromatic rings. The van der Waals surface area contributed by atoms with E-state index in [0.717, 1.165) is 0 Å². The fourth-order valence-corrected chi connectivity index (χ4v) is 0.487. The van der Waals surface area contributed by atoms with Crippen molar-refractivity contribution in [3.8, 4) is 0 Å². The zero-order valence-corrected chi connectivity index (χ0v) is 7.37. The minimum atomic E-state index is -0.959. The maximum Gasteiger partial charge on any atom is 0.407 e. The fraction of sp³-hybridized carbons (Fsp3) is 0.714. The van der Waals surface area contributed by atoms with Crippen molar-refractivity contribution in [3.05, 3.63) is 0 Å². The Morgan fingerprint density at radius 3 is 2.00 bits per heavy atom. The van der Waals surface area contributed by atoms with E-state index in [2.05, 4.69) is 9.47 Å². The first-order chi connectivity index (χ1) is 5.43. The minimum Gasteiger partial charge on any atom is -0.425 e. The summed E-state index contributed by atoms with van der Waals surface area (Å²) in [5.41, 5.74) is 4.69. The van der Waals surface area contributed by atoms with Crippen LogP contribution in [-0.4, -0.2) is 18.4 Å². The highest BCUT2D eigenvalue weighted by molar-refractivity contribution is 5.72. The van der Waals surface area contributed by atoms with Gasteiger partial charge in [-0.1, -0.05) is 13.8 Å². The number of rotatable bonds is 3. The summed E-state index contributed by atoms with van der Waals surface area (Å²) in [5.74, 6) is -0.673. The molecule has 70 valence electrons. The lowest BCUT2D eigenvalue weighted by atomic mass is 10.2. The van der Waals surface area contributed by atoms with Crippen molar-refractivity contribution in [2.24, 2.45) is 11.7 Å². The smallest absolute Gasteiger partial charge is 0.407 e. The van der Waals surface area contributed by atoms with Gasteiger partial charge in [-0.15, -0.1) is 0 Å². The van der Waals surface area contributed by atoms with Crippen molar-refractivity contribution in [2.75, 3.05) is 0 Å². The Bertz CT molecular complexity index is 178. The molecule has 0 bridgehead atoms. The van der Waals surface area contributed by atoms with Crippen molar-refractivity contribution in [1.29, 1.82) is 0 Å². The summed E-state index contributed by atoms with van der Waals surface area (Å²) in [6, 6.07) is 0. The van der Waals surface area contributed by atoms with Crippen molar-refractivity contribution in [2.45, 2.75) is 27.1 Å². The molecule has 0 saturated carbocycles. The number of carbonyl (C=O) groups is 2. The van der Waals surface area contributed by atoms with Crippen LogP contribution in [0.15, 0.2) is 0 Å². The summed E-state index contributed by atoms with van der Waals surface area (Å²) in [6.07, 6.45) is -1.88. The normalized spacial score (nSPS) is 12.3. The molecule has 0 aliphatic rings. The van der Waals surface area contributed by atoms with Crippen LogP contribution in [0.1, 0.15) is 20.8 Å². The lowest BCUT2D eigenvalue weighted by molar-refractivity contribution is -0.168. The predicted octanol–water partition coefficient (Wildman–Crippen LogP) is 0.627. The van der Waals surface area contributed by atoms with Crippen LogP contribution in [0.3, 0.4) is 0 Å². The monoisotopic (exact) mass is 175 g/mol. The topological polar surface area (TPSA) is 78.6 Å². The Morgan fingerprint density at radius 1 is 1.17 bits per heavy atom. The van der Waals surface area contributed by atoms with Crippen molar-refractivity contribution >= 4 is 12.1 Å². The van der Waals surface area contributed by atoms with Gasteiger partial charge in [-0.2, -0.15) is 0 Å². The maximum atomic E-state index is 10.9. The van der Waals surface area contributed by atoms with Gasteiger partial charge in [0.15, 0.2) is 0 Å². The number of hydrogen-bond donors (Lipinski definition) is 1. The maximum absolute atomic E-state index is 10.9. The van der Waals surface area contributed by atoms with Crippen LogP contribution < -0.4 is 5.73 Å². The van der Waals surface area contributed by atoms with E-state index in [1.807, 2.05) is 0 Å². The minimum absolute atomic E-state index is 0.246. The molecule has 0 fully saturated rings. The second-order valence-corrected chi connectivity index (χ2v) is 2.60. The summed E-state index contributed by atoms with van der Waals surface area (Å²) in [5, 5.41) is 0. The van der Waals surface area contributed by atoms with E-state index in [4.69, 9.17) is 5.73 Å². The van der Waals surface area contributed by atoms with E-state index in [1.165, 1.54) is 6.92 Å². The van der Waals surface area contributed by atoms with Crippen LogP contribution in [0.25, 0.3) is 0 Å². The molecule has 0 unspecified atom stereocenters. The van der Waals surface area contributed by atoms with Gasteiger partial charge in [-0.25, -0.2) is 4.79 Å². The molecule has 0 aliphatic carbocycles. The molecule has 5 heteroatoms. The van der Waals surface area contributed by atoms with Crippen molar-refractivity contribution in [1.82, 2.24) is 0 Å². The molecule has 0 rings (SSSR count). The first-order valence-corrected chi connectivity index (χ1v) is 3.60. The van der Waals surface area contributed by atoms with Crippen LogP contribution in [-0.2, 0) is 14.3 Å². The lowest BCUT2D eigenvalue weighted by Crippen LogP contribution is -2.26. The van der Waals surface area contributed by atoms with Crippen LogP contribution in [0.5, 0.6) is 0 Å². The molecule has 1 amide bonds. The zero-order valence-electron chi connectivity index (χ0n) is 7.37. The number of ether oxygens (including phenoxy) is 2. The van der Waals surface area contributed by atoms with E-state index >= 15 is 0 Å². The Labute approximate surface area is 70.8 Å². The Morgan fingerprint density at radius 2 is 1.67 bits per heavy atom. The fourth-order valence-electron chi connectivity index (χ4n) is 0.487. The molecule has 0 aromatic heterocycles. The molecule has 0 heterocycles. The number of nitrogens with two attached hydrogens (primary N) is 1. The standard InChI is InChI=1S/C7H13NO4/c1-4(2)6(9)11-5(3)12-7(8)10/h4-5H,1-3H3,(H2,8,10)/t5-/m0/s1. The highest BCUT2D eigenvalue weighted by Gasteiger charge is 2.14. The summed E-state index contributed by atoms with van der Waals surface area (Å²) >= 11 is 0. The van der Waals surface area contributed by atoms with Crippen LogP contribution in [0.4, 0.5) is 4.79 Å². The molecular weight excluding hydrogens is 162 g/mol. The molecule has 2 N–H and O–H groups in total. The van der Waals surface area contributed by atoms with Crippen LogP contribution in [0, 0.1) is 5.92 Å². The third kappa shape index (κ3) is 4.54. The Kier molecular flexibility index (Phi) is 4.10. The number of amides is 1. The molecule has 0 radical (unpaired) electrons. The highest BCUT2D eigenvalue weighted by atomic mass is 16.7. The van der Waals surface area contributed by atoms with Gasteiger partial charge in [0.1, 0.15) is 0 Å². The van der Waals surface area contributed by atoms with E-state index in [1.54, 1.807) is 13.8 Å². The van der Waals surface area contributed by atoms with Crippen LogP contribution >= 0.6 is 0 Å². The Balaban J connectivity index is 3.76. The van der Waals surface area contributed by atoms with E-state index in [0.29, 0.717) is 0 Å². The molecule has 12 heavy (non-hydrogen) atoms. The SMILES string of the molecule is CC(C)C(=O)O[C@H](C)OC(N)=O. The van der Waals surface area contributed by atoms with Crippen LogP contribution in [0.2, 0.25) is 0 Å². The van der Waals surface area contributed by atoms with Gasteiger partial charge in [0, 0.05) is 6.92 Å². The second kappa shape index (κ2) is 4.58. The summed E-state index contributed by atoms with van der Waals surface area (Å²) in [6.45, 7) is 4.78. The third-order valence-electron chi connectivity index (χ3n) is 1.04. The van der Waals surface area contributed by atoms with Gasteiger partial charge in [0.25, 0.3) is 0 Å². The molecular formula is C7H13NO4. The Hall–Kier alpha value is -1.26. The molecule has 1 atom stereocenters. The first-order valence-electron chi connectivity index (χ1n) is 3.60. The van der Waals surface area contributed by atoms with Crippen molar-refractivity contribution < 1.29 is 19.1 Å². The number of hydrogen-bond acceptors (Lipinski definition) is 4. The molecule has 5 nitrogen and oxygen atoms in total. The van der Waals surface area contributed by atoms with Gasteiger partial charge in [-0.3, -0.25) is 4.79 Å². The number of esters is 1. The van der Waals surface area contributed by atoms with E-state index in [-0.39, 0.29) is 5.92 Å². The van der Waals surface area contributed by atoms with E-state index in [9.17, 15) is 9.59 Å². The first kappa shape index (κ1) is 10.7. The van der Waals surface area contributed by atoms with E-state index < -0.39 is 18.4 Å². The molecule has 0 spiro atoms. The largest absolute Gasteiger partial charge is 0.425 e. The van der Waals surface area contributed by atoms with Gasteiger partial charge in [0.05, 0.1) is 5.92 Å². The second-order valence-electron chi connectivity index (χ2n) is 2.60. The van der Waals surface area contributed by atoms with Gasteiger partial charge < -0.3 is 15.2 Å². The molecule has 0 saturated heterocycles. The summed E-state index contributed by atoms with van der Waals surface area (Å²) in [4.78, 5) is 21.1. The number of carbonyl (C=O) groups excluding carboxylic acids is 2. The average molecular weight is 175 g/mol. The average Bonchev–Trinajstić information content (AvgIpc) is 1.84. The predicted molar refractivity (Wildman–Crippen MR) is 41.1 cm³/mol. The molecule has 0 aromatic carbocycles. The number of primary amides is 1. The summed E-state index contributed by atoms with van der Waals surface area (Å²) in [7, 11) is 0. The molecule has 0 aliphatic heterocycles. The summed E-state index contributed by atoms with van der Waals surface area (Å²) < 4.78 is 9.03. The van der Waals surface area contributed by atoms with Gasteiger partial charge >= 0.3 is 12.1 Å². The zero-order chi connectivity index (χ0) is 9.72. The highest BCUT2D eigenvalue weighted by Crippen LogP contribution is 2.01. The van der Waals surface area contributed by atoms with Gasteiger partial charge in [0.2, 0.25) is 6.29 Å².